The lowest BCUT2D eigenvalue weighted by molar-refractivity contribution is 0.214. The average Bonchev–Trinajstić information content (AvgIpc) is 3.15. The molecule has 0 unspecified atom stereocenters. The van der Waals surface area contributed by atoms with Gasteiger partial charge in [-0.25, -0.2) is 4.99 Å². The van der Waals surface area contributed by atoms with Crippen molar-refractivity contribution in [3.8, 4) is 6.07 Å². The SMILES string of the molecule is CCCCN1C(=Nc2ccc(C#N)cc2)SCC12CCCC2. The third-order valence-electron chi connectivity index (χ3n) is 4.76. The van der Waals surface area contributed by atoms with Crippen LogP contribution in [0, 0.1) is 11.3 Å². The molecule has 1 heterocycles. The zero-order chi connectivity index (χ0) is 15.4. The smallest absolute Gasteiger partial charge is 0.164 e. The van der Waals surface area contributed by atoms with E-state index >= 15 is 0 Å². The molecule has 0 bridgehead atoms. The number of hydrogen-bond acceptors (Lipinski definition) is 3. The summed E-state index contributed by atoms with van der Waals surface area (Å²) < 4.78 is 0. The van der Waals surface area contributed by atoms with Gasteiger partial charge in [-0.3, -0.25) is 0 Å². The van der Waals surface area contributed by atoms with Gasteiger partial charge in [0.25, 0.3) is 0 Å². The van der Waals surface area contributed by atoms with Crippen LogP contribution in [0.15, 0.2) is 29.3 Å². The first-order chi connectivity index (χ1) is 10.8. The summed E-state index contributed by atoms with van der Waals surface area (Å²) in [6.07, 6.45) is 7.79. The first kappa shape index (κ1) is 15.4. The van der Waals surface area contributed by atoms with Gasteiger partial charge in [0, 0.05) is 12.3 Å². The summed E-state index contributed by atoms with van der Waals surface area (Å²) in [5, 5.41) is 10.1. The summed E-state index contributed by atoms with van der Waals surface area (Å²) >= 11 is 1.91. The van der Waals surface area contributed by atoms with E-state index in [2.05, 4.69) is 17.9 Å². The second-order valence-electron chi connectivity index (χ2n) is 6.28. The van der Waals surface area contributed by atoms with Crippen LogP contribution >= 0.6 is 11.8 Å². The first-order valence-electron chi connectivity index (χ1n) is 8.27. The Balaban J connectivity index is 1.84. The molecule has 22 heavy (non-hydrogen) atoms. The molecule has 1 aromatic rings. The lowest BCUT2D eigenvalue weighted by Crippen LogP contribution is -2.45. The molecule has 1 spiro atoms. The van der Waals surface area contributed by atoms with E-state index in [9.17, 15) is 0 Å². The van der Waals surface area contributed by atoms with Crippen LogP contribution in [-0.2, 0) is 0 Å². The standard InChI is InChI=1S/C18H23N3S/c1-2-3-12-21-17(22-14-18(21)10-4-5-11-18)20-16-8-6-15(13-19)7-9-16/h6-9H,2-5,10-12,14H2,1H3. The van der Waals surface area contributed by atoms with Gasteiger partial charge in [0.15, 0.2) is 5.17 Å². The quantitative estimate of drug-likeness (QED) is 0.808. The minimum atomic E-state index is 0.366. The van der Waals surface area contributed by atoms with Crippen molar-refractivity contribution in [2.45, 2.75) is 51.0 Å². The summed E-state index contributed by atoms with van der Waals surface area (Å²) in [6, 6.07) is 9.75. The number of nitrogens with zero attached hydrogens (tertiary/aromatic N) is 3. The molecule has 116 valence electrons. The molecule has 1 saturated carbocycles. The fourth-order valence-electron chi connectivity index (χ4n) is 3.47. The van der Waals surface area contributed by atoms with Crippen LogP contribution in [0.2, 0.25) is 0 Å². The van der Waals surface area contributed by atoms with Crippen LogP contribution in [0.3, 0.4) is 0 Å². The molecule has 0 amide bonds. The molecule has 0 atom stereocenters. The molecule has 1 aliphatic carbocycles. The van der Waals surface area contributed by atoms with Crippen LogP contribution in [0.5, 0.6) is 0 Å². The normalized spacial score (nSPS) is 21.6. The van der Waals surface area contributed by atoms with Crippen molar-refractivity contribution in [3.63, 3.8) is 0 Å². The molecule has 1 saturated heterocycles. The van der Waals surface area contributed by atoms with Crippen molar-refractivity contribution in [2.24, 2.45) is 4.99 Å². The Hall–Kier alpha value is -1.47. The van der Waals surface area contributed by atoms with Gasteiger partial charge in [-0.05, 0) is 43.5 Å². The monoisotopic (exact) mass is 313 g/mol. The molecule has 3 rings (SSSR count). The molecule has 1 aliphatic heterocycles. The Labute approximate surface area is 137 Å². The highest BCUT2D eigenvalue weighted by atomic mass is 32.2. The number of rotatable bonds is 4. The van der Waals surface area contributed by atoms with Crippen molar-refractivity contribution in [3.05, 3.63) is 29.8 Å². The highest BCUT2D eigenvalue weighted by Gasteiger charge is 2.45. The van der Waals surface area contributed by atoms with Crippen LogP contribution in [-0.4, -0.2) is 27.9 Å². The van der Waals surface area contributed by atoms with Gasteiger partial charge in [0.1, 0.15) is 0 Å². The lowest BCUT2D eigenvalue weighted by atomic mass is 9.98. The summed E-state index contributed by atoms with van der Waals surface area (Å²) in [7, 11) is 0. The zero-order valence-corrected chi connectivity index (χ0v) is 14.0. The third kappa shape index (κ3) is 3.01. The second kappa shape index (κ2) is 6.75. The minimum absolute atomic E-state index is 0.366. The predicted octanol–water partition coefficient (Wildman–Crippen LogP) is 4.71. The summed E-state index contributed by atoms with van der Waals surface area (Å²) in [5.74, 6) is 1.19. The molecule has 0 N–H and O–H groups in total. The molecule has 3 nitrogen and oxygen atoms in total. The number of thioether (sulfide) groups is 1. The molecule has 1 aromatic carbocycles. The maximum absolute atomic E-state index is 8.89. The topological polar surface area (TPSA) is 39.4 Å². The summed E-state index contributed by atoms with van der Waals surface area (Å²) in [6.45, 7) is 3.38. The number of amidine groups is 1. The molecule has 0 radical (unpaired) electrons. The molecule has 2 aliphatic rings. The molecule has 2 fully saturated rings. The summed E-state index contributed by atoms with van der Waals surface area (Å²) in [5.41, 5.74) is 2.02. The Kier molecular flexibility index (Phi) is 4.73. The maximum Gasteiger partial charge on any atom is 0.164 e. The number of unbranched alkanes of at least 4 members (excludes halogenated alkanes) is 1. The molecular formula is C18H23N3S. The van der Waals surface area contributed by atoms with E-state index in [0.29, 0.717) is 11.1 Å². The largest absolute Gasteiger partial charge is 0.345 e. The maximum atomic E-state index is 8.89. The van der Waals surface area contributed by atoms with Gasteiger partial charge in [0.2, 0.25) is 0 Å². The number of hydrogen-bond donors (Lipinski definition) is 0. The highest BCUT2D eigenvalue weighted by Crippen LogP contribution is 2.45. The van der Waals surface area contributed by atoms with Gasteiger partial charge in [-0.2, -0.15) is 5.26 Å². The number of nitriles is 1. The number of benzene rings is 1. The van der Waals surface area contributed by atoms with E-state index in [1.165, 1.54) is 49.4 Å². The van der Waals surface area contributed by atoms with Gasteiger partial charge in [0.05, 0.1) is 22.9 Å². The van der Waals surface area contributed by atoms with E-state index in [1.54, 1.807) is 0 Å². The third-order valence-corrected chi connectivity index (χ3v) is 6.02. The van der Waals surface area contributed by atoms with Crippen molar-refractivity contribution in [1.82, 2.24) is 4.90 Å². The van der Waals surface area contributed by atoms with Crippen molar-refractivity contribution in [1.29, 1.82) is 5.26 Å². The van der Waals surface area contributed by atoms with E-state index < -0.39 is 0 Å². The van der Waals surface area contributed by atoms with Gasteiger partial charge in [-0.1, -0.05) is 37.9 Å². The van der Waals surface area contributed by atoms with E-state index in [0.717, 1.165) is 12.2 Å². The number of aliphatic imine (C=N–C) groups is 1. The fraction of sp³-hybridized carbons (Fsp3) is 0.556. The first-order valence-corrected chi connectivity index (χ1v) is 9.25. The van der Waals surface area contributed by atoms with E-state index in [1.807, 2.05) is 36.0 Å². The lowest BCUT2D eigenvalue weighted by Gasteiger charge is -2.35. The second-order valence-corrected chi connectivity index (χ2v) is 7.22. The van der Waals surface area contributed by atoms with Crippen LogP contribution in [0.1, 0.15) is 51.0 Å². The van der Waals surface area contributed by atoms with Gasteiger partial charge < -0.3 is 4.90 Å². The highest BCUT2D eigenvalue weighted by molar-refractivity contribution is 8.14. The van der Waals surface area contributed by atoms with Crippen LogP contribution in [0.4, 0.5) is 5.69 Å². The Morgan fingerprint density at radius 2 is 2.00 bits per heavy atom. The van der Waals surface area contributed by atoms with Gasteiger partial charge >= 0.3 is 0 Å². The van der Waals surface area contributed by atoms with E-state index in [4.69, 9.17) is 10.3 Å². The van der Waals surface area contributed by atoms with Crippen molar-refractivity contribution in [2.75, 3.05) is 12.3 Å². The molecular weight excluding hydrogens is 290 g/mol. The average molecular weight is 313 g/mol. The Morgan fingerprint density at radius 1 is 1.27 bits per heavy atom. The Bertz CT molecular complexity index is 579. The van der Waals surface area contributed by atoms with E-state index in [-0.39, 0.29) is 0 Å². The molecule has 0 aromatic heterocycles. The van der Waals surface area contributed by atoms with Crippen molar-refractivity contribution >= 4 is 22.6 Å². The fourth-order valence-corrected chi connectivity index (χ4v) is 4.92. The molecule has 4 heteroatoms. The van der Waals surface area contributed by atoms with Crippen LogP contribution in [0.25, 0.3) is 0 Å². The zero-order valence-electron chi connectivity index (χ0n) is 13.2. The van der Waals surface area contributed by atoms with Crippen molar-refractivity contribution < 1.29 is 0 Å². The van der Waals surface area contributed by atoms with Gasteiger partial charge in [-0.15, -0.1) is 0 Å². The predicted molar refractivity (Wildman–Crippen MR) is 93.5 cm³/mol. The summed E-state index contributed by atoms with van der Waals surface area (Å²) in [4.78, 5) is 7.47. The van der Waals surface area contributed by atoms with Crippen LogP contribution < -0.4 is 0 Å². The Morgan fingerprint density at radius 3 is 2.64 bits per heavy atom. The minimum Gasteiger partial charge on any atom is -0.345 e.